The minimum absolute atomic E-state index is 0. The van der Waals surface area contributed by atoms with Gasteiger partial charge in [-0.05, 0) is 55.7 Å². The van der Waals surface area contributed by atoms with Gasteiger partial charge in [0.1, 0.15) is 0 Å². The van der Waals surface area contributed by atoms with Crippen LogP contribution in [0.15, 0.2) is 29.2 Å². The Hall–Kier alpha value is -0.620. The third-order valence-corrected chi connectivity index (χ3v) is 6.65. The van der Waals surface area contributed by atoms with Crippen LogP contribution in [-0.2, 0) is 10.0 Å². The fraction of sp³-hybridized carbons (Fsp3) is 0.647. The van der Waals surface area contributed by atoms with Crippen LogP contribution in [0.2, 0.25) is 0 Å². The Morgan fingerprint density at radius 3 is 2.17 bits per heavy atom. The van der Waals surface area contributed by atoms with E-state index in [4.69, 9.17) is 5.73 Å². The average molecular weight is 359 g/mol. The Balaban J connectivity index is 0.00000192. The lowest BCUT2D eigenvalue weighted by Crippen LogP contribution is -2.54. The summed E-state index contributed by atoms with van der Waals surface area (Å²) in [5.41, 5.74) is 7.02. The average Bonchev–Trinajstić information content (AvgIpc) is 2.52. The molecule has 0 heterocycles. The van der Waals surface area contributed by atoms with E-state index in [2.05, 4.69) is 4.72 Å². The van der Waals surface area contributed by atoms with Crippen LogP contribution in [0.1, 0.15) is 62.8 Å². The molecule has 1 aromatic rings. The van der Waals surface area contributed by atoms with Crippen molar-refractivity contribution in [2.24, 2.45) is 5.73 Å². The van der Waals surface area contributed by atoms with Crippen molar-refractivity contribution >= 4 is 22.4 Å². The van der Waals surface area contributed by atoms with Crippen LogP contribution < -0.4 is 10.5 Å². The van der Waals surface area contributed by atoms with Gasteiger partial charge in [0.2, 0.25) is 10.0 Å². The molecule has 6 heteroatoms. The van der Waals surface area contributed by atoms with Gasteiger partial charge < -0.3 is 5.73 Å². The predicted molar refractivity (Wildman–Crippen MR) is 95.5 cm³/mol. The highest BCUT2D eigenvalue weighted by Crippen LogP contribution is 2.33. The Labute approximate surface area is 145 Å². The molecule has 2 saturated carbocycles. The lowest BCUT2D eigenvalue weighted by molar-refractivity contribution is 0.251. The Bertz CT molecular complexity index is 606. The third kappa shape index (κ3) is 4.47. The highest BCUT2D eigenvalue weighted by Gasteiger charge is 2.33. The van der Waals surface area contributed by atoms with Gasteiger partial charge >= 0.3 is 0 Å². The third-order valence-electron chi connectivity index (χ3n) is 5.23. The van der Waals surface area contributed by atoms with Crippen LogP contribution in [-0.4, -0.2) is 20.5 Å². The summed E-state index contributed by atoms with van der Waals surface area (Å²) in [6, 6.07) is 7.42. The quantitative estimate of drug-likeness (QED) is 0.848. The maximum atomic E-state index is 12.3. The maximum Gasteiger partial charge on any atom is 0.240 e. The monoisotopic (exact) mass is 358 g/mol. The van der Waals surface area contributed by atoms with Gasteiger partial charge in [-0.15, -0.1) is 12.4 Å². The second-order valence-corrected chi connectivity index (χ2v) is 8.71. The molecule has 0 unspecified atom stereocenters. The molecule has 3 rings (SSSR count). The zero-order valence-corrected chi connectivity index (χ0v) is 15.1. The van der Waals surface area contributed by atoms with Gasteiger partial charge in [-0.2, -0.15) is 0 Å². The molecule has 0 spiro atoms. The zero-order valence-electron chi connectivity index (χ0n) is 13.5. The Morgan fingerprint density at radius 1 is 1.04 bits per heavy atom. The zero-order chi connectivity index (χ0) is 15.6. The summed E-state index contributed by atoms with van der Waals surface area (Å²) < 4.78 is 27.3. The van der Waals surface area contributed by atoms with Gasteiger partial charge in [0.05, 0.1) is 4.90 Å². The molecule has 0 radical (unpaired) electrons. The van der Waals surface area contributed by atoms with Gasteiger partial charge in [-0.1, -0.05) is 31.4 Å². The molecular weight excluding hydrogens is 332 g/mol. The highest BCUT2D eigenvalue weighted by atomic mass is 35.5. The normalized spacial score (nSPS) is 21.3. The van der Waals surface area contributed by atoms with Gasteiger partial charge in [-0.25, -0.2) is 13.1 Å². The summed E-state index contributed by atoms with van der Waals surface area (Å²) in [5.74, 6) is 0.598. The van der Waals surface area contributed by atoms with Crippen LogP contribution in [0.4, 0.5) is 0 Å². The molecule has 4 nitrogen and oxygen atoms in total. The SMILES string of the molecule is Cl.NC1(CNS(=O)(=O)c2ccc(C3CCCCC3)cc2)CCC1. The van der Waals surface area contributed by atoms with Gasteiger partial charge in [-0.3, -0.25) is 0 Å². The van der Waals surface area contributed by atoms with Gasteiger partial charge in [0.25, 0.3) is 0 Å². The molecule has 0 saturated heterocycles. The topological polar surface area (TPSA) is 72.2 Å². The van der Waals surface area contributed by atoms with Crippen LogP contribution in [0.25, 0.3) is 0 Å². The smallest absolute Gasteiger partial charge is 0.240 e. The number of hydrogen-bond donors (Lipinski definition) is 2. The standard InChI is InChI=1S/C17H26N2O2S.ClH/c18-17(11-4-12-17)13-19-22(20,21)16-9-7-15(8-10-16)14-5-2-1-3-6-14;/h7-10,14,19H,1-6,11-13,18H2;1H. The summed E-state index contributed by atoms with van der Waals surface area (Å²) in [6.07, 6.45) is 9.23. The molecule has 2 fully saturated rings. The van der Waals surface area contributed by atoms with Crippen LogP contribution in [0.3, 0.4) is 0 Å². The van der Waals surface area contributed by atoms with E-state index in [1.54, 1.807) is 12.1 Å². The first-order valence-electron chi connectivity index (χ1n) is 8.37. The molecule has 2 aliphatic rings. The molecule has 23 heavy (non-hydrogen) atoms. The van der Waals surface area contributed by atoms with Gasteiger partial charge in [0, 0.05) is 12.1 Å². The summed E-state index contributed by atoms with van der Waals surface area (Å²) >= 11 is 0. The second-order valence-electron chi connectivity index (χ2n) is 6.94. The van der Waals surface area contributed by atoms with Crippen molar-refractivity contribution in [3.05, 3.63) is 29.8 Å². The molecule has 1 aromatic carbocycles. The fourth-order valence-electron chi connectivity index (χ4n) is 3.48. The number of nitrogens with one attached hydrogen (secondary N) is 1. The minimum atomic E-state index is -3.45. The molecule has 0 bridgehead atoms. The number of benzene rings is 1. The van der Waals surface area contributed by atoms with Crippen molar-refractivity contribution in [1.82, 2.24) is 4.72 Å². The Kier molecular flexibility index (Phi) is 6.11. The highest BCUT2D eigenvalue weighted by molar-refractivity contribution is 7.89. The van der Waals surface area contributed by atoms with E-state index in [1.165, 1.54) is 37.7 Å². The summed E-state index contributed by atoms with van der Waals surface area (Å²) in [6.45, 7) is 0.333. The maximum absolute atomic E-state index is 12.3. The van der Waals surface area contributed by atoms with E-state index >= 15 is 0 Å². The van der Waals surface area contributed by atoms with Crippen molar-refractivity contribution < 1.29 is 8.42 Å². The number of rotatable bonds is 5. The van der Waals surface area contributed by atoms with E-state index in [9.17, 15) is 8.42 Å². The van der Waals surface area contributed by atoms with Crippen molar-refractivity contribution in [2.45, 2.75) is 67.7 Å². The molecule has 2 aliphatic carbocycles. The fourth-order valence-corrected chi connectivity index (χ4v) is 4.62. The number of halogens is 1. The summed E-state index contributed by atoms with van der Waals surface area (Å²) in [7, 11) is -3.45. The largest absolute Gasteiger partial charge is 0.324 e. The molecule has 0 aromatic heterocycles. The van der Waals surface area contributed by atoms with E-state index in [0.29, 0.717) is 17.4 Å². The molecule has 0 atom stereocenters. The van der Waals surface area contributed by atoms with E-state index in [1.807, 2.05) is 12.1 Å². The number of sulfonamides is 1. The lowest BCUT2D eigenvalue weighted by Gasteiger charge is -2.38. The van der Waals surface area contributed by atoms with E-state index in [0.717, 1.165) is 19.3 Å². The van der Waals surface area contributed by atoms with Gasteiger partial charge in [0.15, 0.2) is 0 Å². The van der Waals surface area contributed by atoms with Crippen molar-refractivity contribution in [2.75, 3.05) is 6.54 Å². The first-order valence-corrected chi connectivity index (χ1v) is 9.85. The minimum Gasteiger partial charge on any atom is -0.324 e. The van der Waals surface area contributed by atoms with E-state index < -0.39 is 10.0 Å². The van der Waals surface area contributed by atoms with Crippen molar-refractivity contribution in [3.63, 3.8) is 0 Å². The van der Waals surface area contributed by atoms with Crippen LogP contribution in [0, 0.1) is 0 Å². The van der Waals surface area contributed by atoms with Crippen molar-refractivity contribution in [1.29, 1.82) is 0 Å². The first-order chi connectivity index (χ1) is 10.5. The summed E-state index contributed by atoms with van der Waals surface area (Å²) in [5, 5.41) is 0. The number of hydrogen-bond acceptors (Lipinski definition) is 3. The molecular formula is C17H27ClN2O2S. The van der Waals surface area contributed by atoms with E-state index in [-0.39, 0.29) is 17.9 Å². The molecule has 0 aliphatic heterocycles. The van der Waals surface area contributed by atoms with Crippen LogP contribution in [0.5, 0.6) is 0 Å². The number of nitrogens with two attached hydrogens (primary N) is 1. The summed E-state index contributed by atoms with van der Waals surface area (Å²) in [4.78, 5) is 0.343. The molecule has 130 valence electrons. The van der Waals surface area contributed by atoms with Crippen molar-refractivity contribution in [3.8, 4) is 0 Å². The molecule has 3 N–H and O–H groups in total. The van der Waals surface area contributed by atoms with Crippen LogP contribution >= 0.6 is 12.4 Å². The Morgan fingerprint density at radius 2 is 1.65 bits per heavy atom. The second kappa shape index (κ2) is 7.51. The lowest BCUT2D eigenvalue weighted by atomic mass is 9.78. The predicted octanol–water partition coefficient (Wildman–Crippen LogP) is 3.32. The molecule has 0 amide bonds. The first kappa shape index (κ1) is 18.7.